The van der Waals surface area contributed by atoms with Crippen molar-refractivity contribution in [1.29, 1.82) is 0 Å². The van der Waals surface area contributed by atoms with Gasteiger partial charge in [-0.1, -0.05) is 224 Å². The zero-order valence-corrected chi connectivity index (χ0v) is 41.2. The van der Waals surface area contributed by atoms with Gasteiger partial charge in [0, 0.05) is 19.3 Å². The van der Waals surface area contributed by atoms with E-state index in [1.807, 2.05) is 54.7 Å². The lowest BCUT2D eigenvalue weighted by molar-refractivity contribution is -0.166. The Morgan fingerprint density at radius 2 is 0.723 bits per heavy atom. The second kappa shape index (κ2) is 51.9. The van der Waals surface area contributed by atoms with Gasteiger partial charge in [0.25, 0.3) is 0 Å². The molecule has 6 nitrogen and oxygen atoms in total. The van der Waals surface area contributed by atoms with Gasteiger partial charge < -0.3 is 14.2 Å². The molecule has 6 heteroatoms. The van der Waals surface area contributed by atoms with Crippen molar-refractivity contribution in [2.45, 2.75) is 194 Å². The monoisotopic (exact) mass is 895 g/mol. The van der Waals surface area contributed by atoms with Gasteiger partial charge in [-0.25, -0.2) is 0 Å². The number of rotatable bonds is 43. The zero-order valence-electron chi connectivity index (χ0n) is 41.2. The van der Waals surface area contributed by atoms with E-state index in [2.05, 4.69) is 112 Å². The number of hydrogen-bond donors (Lipinski definition) is 0. The van der Waals surface area contributed by atoms with Gasteiger partial charge >= 0.3 is 17.9 Å². The first-order valence-corrected chi connectivity index (χ1v) is 25.4. The highest BCUT2D eigenvalue weighted by Crippen LogP contribution is 2.11. The lowest BCUT2D eigenvalue weighted by Gasteiger charge is -2.18. The van der Waals surface area contributed by atoms with E-state index in [0.29, 0.717) is 19.3 Å². The van der Waals surface area contributed by atoms with Crippen molar-refractivity contribution >= 4 is 17.9 Å². The molecule has 0 aromatic heterocycles. The van der Waals surface area contributed by atoms with Crippen molar-refractivity contribution in [3.05, 3.63) is 146 Å². The minimum Gasteiger partial charge on any atom is -0.462 e. The molecule has 0 radical (unpaired) electrons. The smallest absolute Gasteiger partial charge is 0.306 e. The lowest BCUT2D eigenvalue weighted by Crippen LogP contribution is -2.30. The summed E-state index contributed by atoms with van der Waals surface area (Å²) in [5.41, 5.74) is 0. The Kier molecular flexibility index (Phi) is 48.2. The van der Waals surface area contributed by atoms with Crippen LogP contribution in [0.2, 0.25) is 0 Å². The first-order chi connectivity index (χ1) is 32.0. The number of esters is 3. The molecule has 0 bridgehead atoms. The van der Waals surface area contributed by atoms with E-state index in [0.717, 1.165) is 89.9 Å². The number of unbranched alkanes of at least 4 members (excludes halogenated alkanes) is 12. The van der Waals surface area contributed by atoms with Crippen molar-refractivity contribution < 1.29 is 28.6 Å². The van der Waals surface area contributed by atoms with Gasteiger partial charge in [-0.15, -0.1) is 0 Å². The molecule has 0 spiro atoms. The summed E-state index contributed by atoms with van der Waals surface area (Å²) >= 11 is 0. The fourth-order valence-electron chi connectivity index (χ4n) is 6.16. The molecule has 0 saturated heterocycles. The summed E-state index contributed by atoms with van der Waals surface area (Å²) in [6.45, 7) is 6.26. The van der Waals surface area contributed by atoms with E-state index in [-0.39, 0.29) is 38.0 Å². The Bertz CT molecular complexity index is 1490. The molecular weight excluding hydrogens is 805 g/mol. The fraction of sp³-hybridized carbons (Fsp3) is 0.542. The second-order valence-corrected chi connectivity index (χ2v) is 16.1. The standard InChI is InChI=1S/C59H90O6/c1-4-7-10-13-16-19-22-25-27-29-30-32-34-37-40-43-46-49-52-58(61)64-55-56(54-63-57(60)51-48-45-42-39-36-33-24-21-18-15-12-9-6-3)65-59(62)53-50-47-44-41-38-35-31-28-26-23-20-17-14-11-8-5-2/h8,10-11,13,16-17,19-20,22,25-30,32-33,35-36,38,42,44-45,47,56H,4-7,9,12,14-15,18,21,23-24,31,34,37,39-41,43,46,48-55H2,1-3H3/b11-8-,13-10-,19-16-,20-17-,25-22-,28-26-,29-27-,32-30-,36-33-,38-35-,45-42-,47-44-. The molecular formula is C59H90O6. The van der Waals surface area contributed by atoms with Crippen molar-refractivity contribution in [3.8, 4) is 0 Å². The predicted octanol–water partition coefficient (Wildman–Crippen LogP) is 16.9. The van der Waals surface area contributed by atoms with Crippen LogP contribution in [0.25, 0.3) is 0 Å². The molecule has 65 heavy (non-hydrogen) atoms. The number of ether oxygens (including phenoxy) is 3. The molecule has 0 aromatic carbocycles. The maximum absolute atomic E-state index is 12.8. The van der Waals surface area contributed by atoms with E-state index in [1.54, 1.807) is 0 Å². The molecule has 0 aliphatic heterocycles. The predicted molar refractivity (Wildman–Crippen MR) is 279 cm³/mol. The normalized spacial score (nSPS) is 13.3. The van der Waals surface area contributed by atoms with Gasteiger partial charge in [0.1, 0.15) is 13.2 Å². The highest BCUT2D eigenvalue weighted by molar-refractivity contribution is 5.71. The molecule has 0 saturated carbocycles. The van der Waals surface area contributed by atoms with Gasteiger partial charge in [-0.2, -0.15) is 0 Å². The van der Waals surface area contributed by atoms with E-state index < -0.39 is 12.1 Å². The number of hydrogen-bond acceptors (Lipinski definition) is 6. The van der Waals surface area contributed by atoms with Crippen LogP contribution in [0, 0.1) is 0 Å². The van der Waals surface area contributed by atoms with Gasteiger partial charge in [0.05, 0.1) is 0 Å². The van der Waals surface area contributed by atoms with Crippen LogP contribution in [0.5, 0.6) is 0 Å². The molecule has 0 aliphatic carbocycles. The van der Waals surface area contributed by atoms with Crippen LogP contribution in [-0.4, -0.2) is 37.2 Å². The van der Waals surface area contributed by atoms with Crippen molar-refractivity contribution in [3.63, 3.8) is 0 Å². The van der Waals surface area contributed by atoms with E-state index in [4.69, 9.17) is 14.2 Å². The van der Waals surface area contributed by atoms with Crippen molar-refractivity contribution in [1.82, 2.24) is 0 Å². The minimum atomic E-state index is -0.857. The second-order valence-electron chi connectivity index (χ2n) is 16.1. The molecule has 1 unspecified atom stereocenters. The average Bonchev–Trinajstić information content (AvgIpc) is 3.30. The van der Waals surface area contributed by atoms with Crippen LogP contribution >= 0.6 is 0 Å². The largest absolute Gasteiger partial charge is 0.462 e. The third kappa shape index (κ3) is 50.2. The number of carbonyl (C=O) groups is 3. The molecule has 0 fully saturated rings. The van der Waals surface area contributed by atoms with Crippen molar-refractivity contribution in [2.75, 3.05) is 13.2 Å². The first kappa shape index (κ1) is 60.3. The highest BCUT2D eigenvalue weighted by atomic mass is 16.6. The summed E-state index contributed by atoms with van der Waals surface area (Å²) in [6, 6.07) is 0. The summed E-state index contributed by atoms with van der Waals surface area (Å²) < 4.78 is 16.6. The fourth-order valence-corrected chi connectivity index (χ4v) is 6.16. The summed E-state index contributed by atoms with van der Waals surface area (Å²) in [5.74, 6) is -1.13. The van der Waals surface area contributed by atoms with Gasteiger partial charge in [0.2, 0.25) is 0 Å². The highest BCUT2D eigenvalue weighted by Gasteiger charge is 2.19. The molecule has 0 rings (SSSR count). The number of allylic oxidation sites excluding steroid dienone is 24. The molecule has 0 aromatic rings. The summed E-state index contributed by atoms with van der Waals surface area (Å²) in [5, 5.41) is 0. The van der Waals surface area contributed by atoms with Crippen LogP contribution in [0.3, 0.4) is 0 Å². The van der Waals surface area contributed by atoms with Gasteiger partial charge in [0.15, 0.2) is 6.10 Å². The molecule has 0 amide bonds. The third-order valence-corrected chi connectivity index (χ3v) is 9.93. The quantitative estimate of drug-likeness (QED) is 0.0199. The molecule has 1 atom stereocenters. The van der Waals surface area contributed by atoms with Crippen LogP contribution in [0.1, 0.15) is 188 Å². The number of carbonyl (C=O) groups excluding carboxylic acids is 3. The minimum absolute atomic E-state index is 0.145. The van der Waals surface area contributed by atoms with Crippen LogP contribution in [0.4, 0.5) is 0 Å². The van der Waals surface area contributed by atoms with Gasteiger partial charge in [-0.05, 0) is 89.9 Å². The Hall–Kier alpha value is -4.71. The Balaban J connectivity index is 4.64. The van der Waals surface area contributed by atoms with E-state index in [9.17, 15) is 14.4 Å². The maximum Gasteiger partial charge on any atom is 0.306 e. The molecule has 0 aliphatic rings. The third-order valence-electron chi connectivity index (χ3n) is 9.93. The summed E-state index contributed by atoms with van der Waals surface area (Å²) in [6.07, 6.45) is 74.2. The van der Waals surface area contributed by atoms with Crippen LogP contribution in [-0.2, 0) is 28.6 Å². The first-order valence-electron chi connectivity index (χ1n) is 25.4. The summed E-state index contributed by atoms with van der Waals surface area (Å²) in [7, 11) is 0. The Morgan fingerprint density at radius 3 is 1.23 bits per heavy atom. The SMILES string of the molecule is CC/C=C\C/C=C\C/C=C\C/C=C\C/C=C\CCC(=O)OC(COC(=O)CC/C=C\C/C=C\CCCCCCCC)COC(=O)CCCCCCC\C=C/C=C\C=C/C=C\C=C/CCC. The topological polar surface area (TPSA) is 78.9 Å². The molecule has 0 heterocycles. The molecule has 362 valence electrons. The molecule has 0 N–H and O–H groups in total. The van der Waals surface area contributed by atoms with Crippen LogP contribution in [0.15, 0.2) is 146 Å². The van der Waals surface area contributed by atoms with E-state index >= 15 is 0 Å². The maximum atomic E-state index is 12.8. The van der Waals surface area contributed by atoms with Gasteiger partial charge in [-0.3, -0.25) is 14.4 Å². The Labute approximate surface area is 397 Å². The average molecular weight is 895 g/mol. The van der Waals surface area contributed by atoms with Crippen LogP contribution < -0.4 is 0 Å². The van der Waals surface area contributed by atoms with E-state index in [1.165, 1.54) is 44.9 Å². The lowest BCUT2D eigenvalue weighted by atomic mass is 10.1. The Morgan fingerprint density at radius 1 is 0.338 bits per heavy atom. The van der Waals surface area contributed by atoms with Crippen molar-refractivity contribution in [2.24, 2.45) is 0 Å². The zero-order chi connectivity index (χ0) is 47.2. The summed E-state index contributed by atoms with van der Waals surface area (Å²) in [4.78, 5) is 37.9.